The minimum atomic E-state index is -3.98. The van der Waals surface area contributed by atoms with Crippen LogP contribution in [0.3, 0.4) is 0 Å². The molecule has 0 saturated carbocycles. The van der Waals surface area contributed by atoms with Crippen molar-refractivity contribution in [2.75, 3.05) is 11.8 Å². The van der Waals surface area contributed by atoms with Crippen LogP contribution in [0.5, 0.6) is 5.75 Å². The van der Waals surface area contributed by atoms with Gasteiger partial charge in [-0.25, -0.2) is 8.42 Å². The molecule has 1 N–H and O–H groups in total. The van der Waals surface area contributed by atoms with Crippen LogP contribution in [0.4, 0.5) is 5.69 Å². The number of halogens is 1. The van der Waals surface area contributed by atoms with Crippen LogP contribution in [-0.4, -0.2) is 25.5 Å². The molecule has 0 atom stereocenters. The number of hydrogen-bond acceptors (Lipinski definition) is 5. The number of fused-ring (bicyclic) bond motifs is 2. The fourth-order valence-electron chi connectivity index (χ4n) is 3.77. The molecule has 172 valence electrons. The van der Waals surface area contributed by atoms with Crippen molar-refractivity contribution in [3.05, 3.63) is 101 Å². The summed E-state index contributed by atoms with van der Waals surface area (Å²) in [4.78, 5) is 8.61. The number of nitrogens with one attached hydrogen (secondary N) is 1. The summed E-state index contributed by atoms with van der Waals surface area (Å²) in [5.74, 6) is 6.80. The third kappa shape index (κ3) is 4.56. The highest BCUT2D eigenvalue weighted by Gasteiger charge is 2.21. The highest BCUT2D eigenvalue weighted by molar-refractivity contribution is 9.10. The molecule has 0 radical (unpaired) electrons. The number of ether oxygens (including phenoxy) is 1. The molecular formula is C27H18BrN3O3S. The standard InChI is InChI=1S/C27H18BrN3O3S/c1-34-25-12-13-26(27-23(25)7-4-14-30-27)35(32,33)31-24-11-10-21(28)15-18(24)8-9-20-17-29-16-19-5-2-3-6-22(19)20/h2-7,10-17,31H,1H3. The first-order valence-corrected chi connectivity index (χ1v) is 12.8. The van der Waals surface area contributed by atoms with Crippen molar-refractivity contribution in [2.45, 2.75) is 4.90 Å². The first kappa shape index (κ1) is 22.8. The Balaban J connectivity index is 1.57. The Kier molecular flexibility index (Phi) is 6.12. The molecular weight excluding hydrogens is 526 g/mol. The van der Waals surface area contributed by atoms with Crippen molar-refractivity contribution in [3.8, 4) is 17.6 Å². The van der Waals surface area contributed by atoms with Gasteiger partial charge in [0.25, 0.3) is 10.0 Å². The first-order chi connectivity index (χ1) is 17.0. The fraction of sp³-hybridized carbons (Fsp3) is 0.0370. The van der Waals surface area contributed by atoms with Gasteiger partial charge in [-0.2, -0.15) is 0 Å². The van der Waals surface area contributed by atoms with E-state index in [1.54, 1.807) is 55.0 Å². The molecule has 3 aromatic carbocycles. The molecule has 35 heavy (non-hydrogen) atoms. The molecule has 0 aliphatic heterocycles. The third-order valence-corrected chi connectivity index (χ3v) is 7.32. The minimum absolute atomic E-state index is 0.0500. The molecule has 2 heterocycles. The molecule has 0 unspecified atom stereocenters. The van der Waals surface area contributed by atoms with E-state index in [4.69, 9.17) is 4.74 Å². The lowest BCUT2D eigenvalue weighted by atomic mass is 10.1. The van der Waals surface area contributed by atoms with Crippen LogP contribution >= 0.6 is 15.9 Å². The zero-order chi connectivity index (χ0) is 24.4. The van der Waals surface area contributed by atoms with Gasteiger partial charge < -0.3 is 4.74 Å². The van der Waals surface area contributed by atoms with Gasteiger partial charge in [0.15, 0.2) is 0 Å². The number of sulfonamides is 1. The molecule has 0 saturated heterocycles. The predicted molar refractivity (Wildman–Crippen MR) is 141 cm³/mol. The van der Waals surface area contributed by atoms with E-state index in [0.717, 1.165) is 20.8 Å². The lowest BCUT2D eigenvalue weighted by Crippen LogP contribution is -2.15. The topological polar surface area (TPSA) is 81.2 Å². The molecule has 0 bridgehead atoms. The first-order valence-electron chi connectivity index (χ1n) is 10.5. The highest BCUT2D eigenvalue weighted by atomic mass is 79.9. The van der Waals surface area contributed by atoms with Crippen LogP contribution in [0.15, 0.2) is 94.7 Å². The SMILES string of the molecule is COc1ccc(S(=O)(=O)Nc2ccc(Br)cc2C#Cc2cncc3ccccc23)c2ncccc12. The normalized spacial score (nSPS) is 11.1. The second-order valence-electron chi connectivity index (χ2n) is 7.62. The van der Waals surface area contributed by atoms with Crippen molar-refractivity contribution in [1.29, 1.82) is 0 Å². The summed E-state index contributed by atoms with van der Waals surface area (Å²) >= 11 is 3.45. The Labute approximate surface area is 211 Å². The van der Waals surface area contributed by atoms with Gasteiger partial charge in [0.1, 0.15) is 10.6 Å². The molecule has 0 spiro atoms. The van der Waals surface area contributed by atoms with Gasteiger partial charge in [0.05, 0.1) is 29.4 Å². The van der Waals surface area contributed by atoms with E-state index >= 15 is 0 Å². The summed E-state index contributed by atoms with van der Waals surface area (Å²) in [6.45, 7) is 0. The van der Waals surface area contributed by atoms with Crippen LogP contribution in [-0.2, 0) is 10.0 Å². The molecule has 0 amide bonds. The second kappa shape index (κ2) is 9.37. The van der Waals surface area contributed by atoms with E-state index in [9.17, 15) is 8.42 Å². The maximum Gasteiger partial charge on any atom is 0.264 e. The minimum Gasteiger partial charge on any atom is -0.496 e. The molecule has 0 aliphatic rings. The van der Waals surface area contributed by atoms with Gasteiger partial charge in [-0.3, -0.25) is 14.7 Å². The molecule has 8 heteroatoms. The summed E-state index contributed by atoms with van der Waals surface area (Å²) in [5.41, 5.74) is 1.95. The Morgan fingerprint density at radius 3 is 2.57 bits per heavy atom. The van der Waals surface area contributed by atoms with E-state index in [-0.39, 0.29) is 4.90 Å². The second-order valence-corrected chi connectivity index (χ2v) is 10.2. The fourth-order valence-corrected chi connectivity index (χ4v) is 5.38. The van der Waals surface area contributed by atoms with E-state index < -0.39 is 10.0 Å². The average molecular weight is 544 g/mol. The Bertz CT molecular complexity index is 1750. The molecule has 6 nitrogen and oxygen atoms in total. The molecule has 5 rings (SSSR count). The van der Waals surface area contributed by atoms with Gasteiger partial charge in [0, 0.05) is 39.2 Å². The zero-order valence-corrected chi connectivity index (χ0v) is 20.9. The van der Waals surface area contributed by atoms with Gasteiger partial charge in [-0.15, -0.1) is 0 Å². The van der Waals surface area contributed by atoms with Crippen LogP contribution in [0, 0.1) is 11.8 Å². The van der Waals surface area contributed by atoms with Crippen LogP contribution in [0.1, 0.15) is 11.1 Å². The monoisotopic (exact) mass is 543 g/mol. The van der Waals surface area contributed by atoms with Gasteiger partial charge >= 0.3 is 0 Å². The van der Waals surface area contributed by atoms with Crippen molar-refractivity contribution in [3.63, 3.8) is 0 Å². The molecule has 2 aromatic heterocycles. The summed E-state index contributed by atoms with van der Waals surface area (Å²) in [7, 11) is -2.45. The number of rotatable bonds is 4. The highest BCUT2D eigenvalue weighted by Crippen LogP contribution is 2.31. The molecule has 0 fully saturated rings. The lowest BCUT2D eigenvalue weighted by molar-refractivity contribution is 0.419. The van der Waals surface area contributed by atoms with Crippen molar-refractivity contribution in [2.24, 2.45) is 0 Å². The number of aromatic nitrogens is 2. The zero-order valence-electron chi connectivity index (χ0n) is 18.5. The lowest BCUT2D eigenvalue weighted by Gasteiger charge is -2.13. The van der Waals surface area contributed by atoms with Gasteiger partial charge in [-0.05, 0) is 42.5 Å². The van der Waals surface area contributed by atoms with Crippen LogP contribution in [0.2, 0.25) is 0 Å². The third-order valence-electron chi connectivity index (χ3n) is 5.43. The Morgan fingerprint density at radius 1 is 0.914 bits per heavy atom. The van der Waals surface area contributed by atoms with E-state index in [0.29, 0.717) is 27.9 Å². The van der Waals surface area contributed by atoms with E-state index in [1.807, 2.05) is 24.3 Å². The summed E-state index contributed by atoms with van der Waals surface area (Å²) in [6.07, 6.45) is 5.04. The van der Waals surface area contributed by atoms with E-state index in [2.05, 4.69) is 42.5 Å². The quantitative estimate of drug-likeness (QED) is 0.291. The summed E-state index contributed by atoms with van der Waals surface area (Å²) in [6, 6.07) is 19.7. The smallest absolute Gasteiger partial charge is 0.264 e. The van der Waals surface area contributed by atoms with Gasteiger partial charge in [0.2, 0.25) is 0 Å². The van der Waals surface area contributed by atoms with Crippen molar-refractivity contribution < 1.29 is 13.2 Å². The Hall–Kier alpha value is -3.93. The van der Waals surface area contributed by atoms with Crippen molar-refractivity contribution >= 4 is 53.3 Å². The maximum atomic E-state index is 13.4. The van der Waals surface area contributed by atoms with Crippen molar-refractivity contribution in [1.82, 2.24) is 9.97 Å². The number of methoxy groups -OCH3 is 1. The average Bonchev–Trinajstić information content (AvgIpc) is 2.88. The summed E-state index contributed by atoms with van der Waals surface area (Å²) < 4.78 is 35.7. The Morgan fingerprint density at radius 2 is 1.71 bits per heavy atom. The van der Waals surface area contributed by atoms with Crippen LogP contribution in [0.25, 0.3) is 21.7 Å². The summed E-state index contributed by atoms with van der Waals surface area (Å²) in [5, 5.41) is 2.56. The maximum absolute atomic E-state index is 13.4. The molecule has 5 aromatic rings. The number of nitrogens with zero attached hydrogens (tertiary/aromatic N) is 2. The predicted octanol–water partition coefficient (Wildman–Crippen LogP) is 5.75. The number of anilines is 1. The number of hydrogen-bond donors (Lipinski definition) is 1. The number of pyridine rings is 2. The van der Waals surface area contributed by atoms with Crippen LogP contribution < -0.4 is 9.46 Å². The van der Waals surface area contributed by atoms with Gasteiger partial charge in [-0.1, -0.05) is 52.0 Å². The van der Waals surface area contributed by atoms with E-state index in [1.165, 1.54) is 13.2 Å². The molecule has 0 aliphatic carbocycles. The number of benzene rings is 3. The largest absolute Gasteiger partial charge is 0.496 e.